The van der Waals surface area contributed by atoms with Gasteiger partial charge in [0.1, 0.15) is 0 Å². The van der Waals surface area contributed by atoms with E-state index in [-0.39, 0.29) is 11.5 Å². The van der Waals surface area contributed by atoms with Crippen LogP contribution in [0.4, 0.5) is 16.5 Å². The maximum atomic E-state index is 12.3. The van der Waals surface area contributed by atoms with Crippen molar-refractivity contribution in [3.63, 3.8) is 0 Å². The van der Waals surface area contributed by atoms with Gasteiger partial charge in [-0.3, -0.25) is 4.79 Å². The number of carbonyl (C=O) groups excluding carboxylic acids is 1. The lowest BCUT2D eigenvalue weighted by molar-refractivity contribution is 0.0696. The summed E-state index contributed by atoms with van der Waals surface area (Å²) < 4.78 is 0. The van der Waals surface area contributed by atoms with E-state index in [1.165, 1.54) is 23.5 Å². The summed E-state index contributed by atoms with van der Waals surface area (Å²) in [5.74, 6) is -1.28. The van der Waals surface area contributed by atoms with Gasteiger partial charge >= 0.3 is 5.97 Å². The number of carboxylic acid groups (broad SMARTS) is 1. The number of nitrogens with zero attached hydrogens (tertiary/aromatic N) is 1. The number of aromatic carboxylic acids is 1. The van der Waals surface area contributed by atoms with Crippen molar-refractivity contribution in [1.82, 2.24) is 4.98 Å². The lowest BCUT2D eigenvalue weighted by Crippen LogP contribution is -2.12. The Labute approximate surface area is 141 Å². The van der Waals surface area contributed by atoms with Crippen molar-refractivity contribution in [3.05, 3.63) is 71.2 Å². The summed E-state index contributed by atoms with van der Waals surface area (Å²) in [6.07, 6.45) is 1.70. The van der Waals surface area contributed by atoms with Crippen molar-refractivity contribution in [2.75, 3.05) is 10.6 Å². The molecule has 24 heavy (non-hydrogen) atoms. The Hall–Kier alpha value is -3.19. The molecule has 120 valence electrons. The van der Waals surface area contributed by atoms with Crippen LogP contribution in [0.25, 0.3) is 0 Å². The zero-order valence-corrected chi connectivity index (χ0v) is 13.2. The third kappa shape index (κ3) is 3.76. The van der Waals surface area contributed by atoms with Gasteiger partial charge in [0.2, 0.25) is 0 Å². The second kappa shape index (κ2) is 6.93. The minimum atomic E-state index is -1.01. The van der Waals surface area contributed by atoms with Gasteiger partial charge in [0.25, 0.3) is 5.91 Å². The molecule has 0 bridgehead atoms. The summed E-state index contributed by atoms with van der Waals surface area (Å²) in [4.78, 5) is 27.3. The molecule has 3 rings (SSSR count). The summed E-state index contributed by atoms with van der Waals surface area (Å²) in [6, 6.07) is 13.0. The minimum absolute atomic E-state index is 0.169. The average molecular weight is 339 g/mol. The number of aromatic nitrogens is 1. The molecule has 0 saturated heterocycles. The molecule has 1 aromatic heterocycles. The van der Waals surface area contributed by atoms with Gasteiger partial charge in [-0.05, 0) is 42.5 Å². The number of thiazole rings is 1. The fourth-order valence-electron chi connectivity index (χ4n) is 2.05. The number of carboxylic acids is 1. The summed E-state index contributed by atoms with van der Waals surface area (Å²) in [7, 11) is 0. The van der Waals surface area contributed by atoms with E-state index in [0.29, 0.717) is 11.3 Å². The normalized spacial score (nSPS) is 10.2. The van der Waals surface area contributed by atoms with Gasteiger partial charge in [-0.1, -0.05) is 6.07 Å². The van der Waals surface area contributed by atoms with Gasteiger partial charge in [0.15, 0.2) is 5.13 Å². The van der Waals surface area contributed by atoms with Gasteiger partial charge in [-0.25, -0.2) is 9.78 Å². The Morgan fingerprint density at radius 1 is 1.00 bits per heavy atom. The number of nitrogens with one attached hydrogen (secondary N) is 2. The number of anilines is 3. The highest BCUT2D eigenvalue weighted by Gasteiger charge is 2.08. The predicted molar refractivity (Wildman–Crippen MR) is 93.2 cm³/mol. The van der Waals surface area contributed by atoms with E-state index in [2.05, 4.69) is 15.6 Å². The molecule has 0 atom stereocenters. The van der Waals surface area contributed by atoms with Gasteiger partial charge in [-0.2, -0.15) is 0 Å². The SMILES string of the molecule is O=C(O)c1ccc(NC(=O)c2cccc(Nc3nccs3)c2)cc1. The highest BCUT2D eigenvalue weighted by Crippen LogP contribution is 2.20. The van der Waals surface area contributed by atoms with Crippen LogP contribution in [0, 0.1) is 0 Å². The molecule has 3 aromatic rings. The van der Waals surface area contributed by atoms with Gasteiger partial charge in [0, 0.05) is 28.5 Å². The van der Waals surface area contributed by atoms with Crippen molar-refractivity contribution in [3.8, 4) is 0 Å². The first kappa shape index (κ1) is 15.7. The highest BCUT2D eigenvalue weighted by atomic mass is 32.1. The summed E-state index contributed by atoms with van der Waals surface area (Å²) in [5, 5.41) is 17.3. The molecule has 0 aliphatic rings. The standard InChI is InChI=1S/C17H13N3O3S/c21-15(19-13-6-4-11(5-7-13)16(22)23)12-2-1-3-14(10-12)20-17-18-8-9-24-17/h1-10H,(H,18,20)(H,19,21)(H,22,23). The molecular weight excluding hydrogens is 326 g/mol. The Bertz CT molecular complexity index is 861. The van der Waals surface area contributed by atoms with Crippen LogP contribution >= 0.6 is 11.3 Å². The van der Waals surface area contributed by atoms with Gasteiger partial charge in [0.05, 0.1) is 5.56 Å². The first-order valence-electron chi connectivity index (χ1n) is 7.03. The second-order valence-electron chi connectivity index (χ2n) is 4.88. The molecule has 0 radical (unpaired) electrons. The number of rotatable bonds is 5. The van der Waals surface area contributed by atoms with Crippen molar-refractivity contribution in [2.24, 2.45) is 0 Å². The molecule has 6 nitrogen and oxygen atoms in total. The Kier molecular flexibility index (Phi) is 4.53. The molecule has 0 unspecified atom stereocenters. The number of benzene rings is 2. The van der Waals surface area contributed by atoms with Crippen molar-refractivity contribution in [2.45, 2.75) is 0 Å². The van der Waals surface area contributed by atoms with Crippen LogP contribution in [0.15, 0.2) is 60.1 Å². The monoisotopic (exact) mass is 339 g/mol. The van der Waals surface area contributed by atoms with E-state index < -0.39 is 5.97 Å². The molecule has 0 spiro atoms. The number of carbonyl (C=O) groups is 2. The lowest BCUT2D eigenvalue weighted by atomic mass is 10.1. The molecular formula is C17H13N3O3S. The number of hydrogen-bond donors (Lipinski definition) is 3. The van der Waals surface area contributed by atoms with Crippen molar-refractivity contribution in [1.29, 1.82) is 0 Å². The van der Waals surface area contributed by atoms with Crippen LogP contribution < -0.4 is 10.6 Å². The topological polar surface area (TPSA) is 91.3 Å². The largest absolute Gasteiger partial charge is 0.478 e. The van der Waals surface area contributed by atoms with E-state index in [0.717, 1.165) is 10.8 Å². The predicted octanol–water partition coefficient (Wildman–Crippen LogP) is 3.84. The van der Waals surface area contributed by atoms with E-state index in [1.807, 2.05) is 11.4 Å². The second-order valence-corrected chi connectivity index (χ2v) is 5.77. The Balaban J connectivity index is 1.71. The van der Waals surface area contributed by atoms with E-state index in [4.69, 9.17) is 5.11 Å². The third-order valence-corrected chi connectivity index (χ3v) is 3.89. The molecule has 0 aliphatic heterocycles. The molecule has 3 N–H and O–H groups in total. The number of amides is 1. The minimum Gasteiger partial charge on any atom is -0.478 e. The quantitative estimate of drug-likeness (QED) is 0.657. The molecule has 1 heterocycles. The van der Waals surface area contributed by atoms with Crippen LogP contribution in [-0.2, 0) is 0 Å². The zero-order chi connectivity index (χ0) is 16.9. The number of hydrogen-bond acceptors (Lipinski definition) is 5. The fourth-order valence-corrected chi connectivity index (χ4v) is 2.60. The Morgan fingerprint density at radius 2 is 1.79 bits per heavy atom. The van der Waals surface area contributed by atoms with Crippen LogP contribution in [0.3, 0.4) is 0 Å². The van der Waals surface area contributed by atoms with E-state index in [9.17, 15) is 9.59 Å². The smallest absolute Gasteiger partial charge is 0.335 e. The van der Waals surface area contributed by atoms with Crippen LogP contribution in [0.5, 0.6) is 0 Å². The molecule has 7 heteroatoms. The van der Waals surface area contributed by atoms with Crippen LogP contribution in [-0.4, -0.2) is 22.0 Å². The zero-order valence-electron chi connectivity index (χ0n) is 12.4. The molecule has 0 saturated carbocycles. The van der Waals surface area contributed by atoms with E-state index in [1.54, 1.807) is 36.5 Å². The maximum Gasteiger partial charge on any atom is 0.335 e. The third-order valence-electron chi connectivity index (χ3n) is 3.20. The molecule has 1 amide bonds. The summed E-state index contributed by atoms with van der Waals surface area (Å²) in [5.41, 5.74) is 1.95. The van der Waals surface area contributed by atoms with Gasteiger partial charge < -0.3 is 15.7 Å². The van der Waals surface area contributed by atoms with Crippen molar-refractivity contribution >= 4 is 39.7 Å². The van der Waals surface area contributed by atoms with E-state index >= 15 is 0 Å². The fraction of sp³-hybridized carbons (Fsp3) is 0. The van der Waals surface area contributed by atoms with Crippen molar-refractivity contribution < 1.29 is 14.7 Å². The Morgan fingerprint density at radius 3 is 2.46 bits per heavy atom. The average Bonchev–Trinajstić information content (AvgIpc) is 3.08. The molecule has 0 fully saturated rings. The summed E-state index contributed by atoms with van der Waals surface area (Å²) >= 11 is 1.47. The molecule has 0 aliphatic carbocycles. The first-order valence-corrected chi connectivity index (χ1v) is 7.91. The van der Waals surface area contributed by atoms with Crippen LogP contribution in [0.2, 0.25) is 0 Å². The van der Waals surface area contributed by atoms with Gasteiger partial charge in [-0.15, -0.1) is 11.3 Å². The highest BCUT2D eigenvalue weighted by molar-refractivity contribution is 7.13. The maximum absolute atomic E-state index is 12.3. The lowest BCUT2D eigenvalue weighted by Gasteiger charge is -2.08. The molecule has 2 aromatic carbocycles. The van der Waals surface area contributed by atoms with Crippen LogP contribution in [0.1, 0.15) is 20.7 Å². The first-order chi connectivity index (χ1) is 11.6. The summed E-state index contributed by atoms with van der Waals surface area (Å²) in [6.45, 7) is 0.